The minimum absolute atomic E-state index is 0.0189. The monoisotopic (exact) mass is 153 g/mol. The van der Waals surface area contributed by atoms with Gasteiger partial charge in [-0.2, -0.15) is 0 Å². The van der Waals surface area contributed by atoms with Crippen LogP contribution >= 0.6 is 0 Å². The molecule has 0 aromatic carbocycles. The van der Waals surface area contributed by atoms with E-state index in [9.17, 15) is 4.79 Å². The van der Waals surface area contributed by atoms with Crippen LogP contribution in [0.4, 0.5) is 0 Å². The summed E-state index contributed by atoms with van der Waals surface area (Å²) in [7, 11) is 1.54. The SMILES string of the molecule is C#CCN1CCC(OC)C1=O. The third-order valence-corrected chi connectivity index (χ3v) is 1.81. The van der Waals surface area contributed by atoms with Crippen LogP contribution in [0.3, 0.4) is 0 Å². The van der Waals surface area contributed by atoms with Crippen LogP contribution in [0.25, 0.3) is 0 Å². The number of hydrogen-bond donors (Lipinski definition) is 0. The average molecular weight is 153 g/mol. The van der Waals surface area contributed by atoms with E-state index in [0.717, 1.165) is 13.0 Å². The second kappa shape index (κ2) is 3.40. The number of rotatable bonds is 2. The Balaban J connectivity index is 2.50. The maximum Gasteiger partial charge on any atom is 0.252 e. The number of carbonyl (C=O) groups is 1. The molecule has 1 heterocycles. The highest BCUT2D eigenvalue weighted by Crippen LogP contribution is 2.12. The molecule has 1 rings (SSSR count). The Labute approximate surface area is 66.3 Å². The summed E-state index contributed by atoms with van der Waals surface area (Å²) in [6.45, 7) is 1.13. The molecule has 60 valence electrons. The largest absolute Gasteiger partial charge is 0.372 e. The Hall–Kier alpha value is -1.01. The van der Waals surface area contributed by atoms with Crippen LogP contribution in [0.15, 0.2) is 0 Å². The number of nitrogens with zero attached hydrogens (tertiary/aromatic N) is 1. The summed E-state index contributed by atoms with van der Waals surface area (Å²) in [5.74, 6) is 2.45. The van der Waals surface area contributed by atoms with Crippen LogP contribution in [0.2, 0.25) is 0 Å². The van der Waals surface area contributed by atoms with Gasteiger partial charge in [0.2, 0.25) is 0 Å². The summed E-state index contributed by atoms with van der Waals surface area (Å²) < 4.78 is 4.94. The zero-order valence-electron chi connectivity index (χ0n) is 6.54. The summed E-state index contributed by atoms with van der Waals surface area (Å²) >= 11 is 0. The molecular formula is C8H11NO2. The van der Waals surface area contributed by atoms with Crippen LogP contribution < -0.4 is 0 Å². The predicted molar refractivity (Wildman–Crippen MR) is 40.8 cm³/mol. The number of hydrogen-bond acceptors (Lipinski definition) is 2. The minimum atomic E-state index is -0.261. The van der Waals surface area contributed by atoms with Gasteiger partial charge in [0, 0.05) is 20.1 Å². The first-order valence-electron chi connectivity index (χ1n) is 3.54. The molecule has 1 fully saturated rings. The second-order valence-corrected chi connectivity index (χ2v) is 2.48. The normalized spacial score (nSPS) is 23.8. The molecule has 0 aliphatic carbocycles. The van der Waals surface area contributed by atoms with Gasteiger partial charge in [-0.15, -0.1) is 6.42 Å². The molecule has 0 saturated carbocycles. The van der Waals surface area contributed by atoms with Crippen molar-refractivity contribution in [2.24, 2.45) is 0 Å². The third-order valence-electron chi connectivity index (χ3n) is 1.81. The molecule has 1 unspecified atom stereocenters. The van der Waals surface area contributed by atoms with E-state index in [-0.39, 0.29) is 12.0 Å². The van der Waals surface area contributed by atoms with Gasteiger partial charge in [0.15, 0.2) is 0 Å². The van der Waals surface area contributed by atoms with Crippen molar-refractivity contribution in [3.8, 4) is 12.3 Å². The molecule has 0 aromatic rings. The molecule has 1 aliphatic rings. The molecule has 0 spiro atoms. The molecular weight excluding hydrogens is 142 g/mol. The van der Waals surface area contributed by atoms with E-state index < -0.39 is 0 Å². The molecule has 3 heteroatoms. The number of carbonyl (C=O) groups excluding carboxylic acids is 1. The minimum Gasteiger partial charge on any atom is -0.372 e. The zero-order valence-corrected chi connectivity index (χ0v) is 6.54. The van der Waals surface area contributed by atoms with Crippen molar-refractivity contribution in [3.05, 3.63) is 0 Å². The lowest BCUT2D eigenvalue weighted by Gasteiger charge is -2.11. The van der Waals surface area contributed by atoms with E-state index in [0.29, 0.717) is 6.54 Å². The van der Waals surface area contributed by atoms with Crippen molar-refractivity contribution in [3.63, 3.8) is 0 Å². The van der Waals surface area contributed by atoms with Gasteiger partial charge in [0.1, 0.15) is 6.10 Å². The smallest absolute Gasteiger partial charge is 0.252 e. The van der Waals surface area contributed by atoms with Crippen LogP contribution in [0.5, 0.6) is 0 Å². The number of likely N-dealkylation sites (tertiary alicyclic amines) is 1. The van der Waals surface area contributed by atoms with Crippen LogP contribution in [-0.4, -0.2) is 37.1 Å². The highest BCUT2D eigenvalue weighted by molar-refractivity contribution is 5.83. The van der Waals surface area contributed by atoms with Gasteiger partial charge in [0.05, 0.1) is 6.54 Å². The van der Waals surface area contributed by atoms with Gasteiger partial charge >= 0.3 is 0 Å². The first kappa shape index (κ1) is 8.09. The number of terminal acetylenes is 1. The summed E-state index contributed by atoms with van der Waals surface area (Å²) in [5.41, 5.74) is 0. The van der Waals surface area contributed by atoms with Gasteiger partial charge in [-0.3, -0.25) is 4.79 Å². The molecule has 0 radical (unpaired) electrons. The van der Waals surface area contributed by atoms with Crippen molar-refractivity contribution in [1.82, 2.24) is 4.90 Å². The van der Waals surface area contributed by atoms with Crippen LogP contribution in [0.1, 0.15) is 6.42 Å². The average Bonchev–Trinajstić information content (AvgIpc) is 2.34. The molecule has 1 amide bonds. The third kappa shape index (κ3) is 1.52. The quantitative estimate of drug-likeness (QED) is 0.517. The van der Waals surface area contributed by atoms with Crippen molar-refractivity contribution in [1.29, 1.82) is 0 Å². The molecule has 3 nitrogen and oxygen atoms in total. The number of amides is 1. The molecule has 0 N–H and O–H groups in total. The lowest BCUT2D eigenvalue weighted by Crippen LogP contribution is -2.30. The Morgan fingerprint density at radius 2 is 2.64 bits per heavy atom. The topological polar surface area (TPSA) is 29.5 Å². The van der Waals surface area contributed by atoms with E-state index in [1.165, 1.54) is 0 Å². The molecule has 11 heavy (non-hydrogen) atoms. The Bertz CT molecular complexity index is 195. The van der Waals surface area contributed by atoms with Gasteiger partial charge in [-0.05, 0) is 0 Å². The molecule has 0 aromatic heterocycles. The van der Waals surface area contributed by atoms with Crippen LogP contribution in [0, 0.1) is 12.3 Å². The predicted octanol–water partition coefficient (Wildman–Crippen LogP) is -0.133. The maximum absolute atomic E-state index is 11.2. The fraction of sp³-hybridized carbons (Fsp3) is 0.625. The van der Waals surface area contributed by atoms with Gasteiger partial charge in [0.25, 0.3) is 5.91 Å². The van der Waals surface area contributed by atoms with E-state index in [4.69, 9.17) is 11.2 Å². The van der Waals surface area contributed by atoms with Crippen LogP contribution in [-0.2, 0) is 9.53 Å². The van der Waals surface area contributed by atoms with E-state index in [1.54, 1.807) is 12.0 Å². The molecule has 0 bridgehead atoms. The fourth-order valence-corrected chi connectivity index (χ4v) is 1.20. The Kier molecular flexibility index (Phi) is 2.50. The van der Waals surface area contributed by atoms with Gasteiger partial charge in [-0.1, -0.05) is 5.92 Å². The number of ether oxygens (including phenoxy) is 1. The van der Waals surface area contributed by atoms with Crippen molar-refractivity contribution in [2.45, 2.75) is 12.5 Å². The summed E-state index contributed by atoms with van der Waals surface area (Å²) in [4.78, 5) is 12.9. The Morgan fingerprint density at radius 1 is 1.91 bits per heavy atom. The van der Waals surface area contributed by atoms with E-state index >= 15 is 0 Å². The van der Waals surface area contributed by atoms with Gasteiger partial charge in [-0.25, -0.2) is 0 Å². The second-order valence-electron chi connectivity index (χ2n) is 2.48. The first-order valence-corrected chi connectivity index (χ1v) is 3.54. The van der Waals surface area contributed by atoms with Crippen molar-refractivity contribution >= 4 is 5.91 Å². The van der Waals surface area contributed by atoms with Crippen molar-refractivity contribution in [2.75, 3.05) is 20.2 Å². The highest BCUT2D eigenvalue weighted by Gasteiger charge is 2.30. The summed E-state index contributed by atoms with van der Waals surface area (Å²) in [6.07, 6.45) is 5.57. The molecule has 1 saturated heterocycles. The van der Waals surface area contributed by atoms with Crippen molar-refractivity contribution < 1.29 is 9.53 Å². The Morgan fingerprint density at radius 3 is 3.09 bits per heavy atom. The number of methoxy groups -OCH3 is 1. The maximum atomic E-state index is 11.2. The molecule has 1 atom stereocenters. The zero-order chi connectivity index (χ0) is 8.27. The standard InChI is InChI=1S/C8H11NO2/c1-3-5-9-6-4-7(11-2)8(9)10/h1,7H,4-6H2,2H3. The summed E-state index contributed by atoms with van der Waals surface area (Å²) in [5, 5.41) is 0. The summed E-state index contributed by atoms with van der Waals surface area (Å²) in [6, 6.07) is 0. The first-order chi connectivity index (χ1) is 5.29. The lowest BCUT2D eigenvalue weighted by molar-refractivity contribution is -0.135. The highest BCUT2D eigenvalue weighted by atomic mass is 16.5. The van der Waals surface area contributed by atoms with Gasteiger partial charge < -0.3 is 9.64 Å². The van der Waals surface area contributed by atoms with E-state index in [2.05, 4.69) is 5.92 Å². The molecule has 1 aliphatic heterocycles. The fourth-order valence-electron chi connectivity index (χ4n) is 1.20. The van der Waals surface area contributed by atoms with E-state index in [1.807, 2.05) is 0 Å². The lowest BCUT2D eigenvalue weighted by atomic mass is 10.3.